The zero-order valence-corrected chi connectivity index (χ0v) is 13.2. The number of fused-ring (bicyclic) bond motifs is 3. The van der Waals surface area contributed by atoms with E-state index in [0.717, 1.165) is 35.7 Å². The van der Waals surface area contributed by atoms with Crippen molar-refractivity contribution in [1.82, 2.24) is 0 Å². The predicted molar refractivity (Wildman–Crippen MR) is 90.4 cm³/mol. The van der Waals surface area contributed by atoms with Gasteiger partial charge in [0.25, 0.3) is 0 Å². The smallest absolute Gasteiger partial charge is 0.231 e. The molecule has 0 spiro atoms. The van der Waals surface area contributed by atoms with E-state index in [4.69, 9.17) is 19.6 Å². The molecule has 1 aliphatic carbocycles. The third-order valence-electron chi connectivity index (χ3n) is 5.05. The summed E-state index contributed by atoms with van der Waals surface area (Å²) in [5, 5.41) is 8.17. The highest BCUT2D eigenvalue weighted by molar-refractivity contribution is 5.87. The lowest BCUT2D eigenvalue weighted by atomic mass is 9.78. The van der Waals surface area contributed by atoms with Gasteiger partial charge < -0.3 is 14.2 Å². The molecule has 0 saturated heterocycles. The molecule has 0 fully saturated rings. The van der Waals surface area contributed by atoms with Gasteiger partial charge in [0.15, 0.2) is 17.4 Å². The van der Waals surface area contributed by atoms with Crippen LogP contribution in [0.25, 0.3) is 5.76 Å². The highest BCUT2D eigenvalue weighted by Gasteiger charge is 2.33. The molecule has 0 bridgehead atoms. The quantitative estimate of drug-likeness (QED) is 0.854. The van der Waals surface area contributed by atoms with Crippen LogP contribution in [0.15, 0.2) is 48.0 Å². The molecule has 0 radical (unpaired) electrons. The second kappa shape index (κ2) is 5.13. The van der Waals surface area contributed by atoms with Crippen molar-refractivity contribution in [2.45, 2.75) is 25.2 Å². The van der Waals surface area contributed by atoms with E-state index in [1.54, 1.807) is 0 Å². The van der Waals surface area contributed by atoms with Crippen LogP contribution in [-0.2, 0) is 11.2 Å². The van der Waals surface area contributed by atoms with Crippen molar-refractivity contribution in [1.29, 1.82) is 5.41 Å². The predicted octanol–water partition coefficient (Wildman–Crippen LogP) is 4.25. The lowest BCUT2D eigenvalue weighted by Crippen LogP contribution is -2.23. The van der Waals surface area contributed by atoms with Crippen molar-refractivity contribution in [3.8, 4) is 11.5 Å². The van der Waals surface area contributed by atoms with Gasteiger partial charge in [-0.1, -0.05) is 30.3 Å². The first-order chi connectivity index (χ1) is 11.8. The Hall–Kier alpha value is -2.75. The first-order valence-electron chi connectivity index (χ1n) is 8.26. The first-order valence-corrected chi connectivity index (χ1v) is 8.26. The summed E-state index contributed by atoms with van der Waals surface area (Å²) in [7, 11) is 0. The number of allylic oxidation sites excluding steroid dienone is 1. The Morgan fingerprint density at radius 3 is 2.79 bits per heavy atom. The van der Waals surface area contributed by atoms with E-state index >= 15 is 0 Å². The van der Waals surface area contributed by atoms with E-state index in [9.17, 15) is 0 Å². The lowest BCUT2D eigenvalue weighted by molar-refractivity contribution is 0.174. The summed E-state index contributed by atoms with van der Waals surface area (Å²) in [6.45, 7) is 0.281. The Morgan fingerprint density at radius 1 is 0.958 bits per heavy atom. The molecule has 120 valence electrons. The molecular formula is C20H17NO3. The Balaban J connectivity index is 1.63. The fourth-order valence-electron chi connectivity index (χ4n) is 3.89. The molecule has 2 aliphatic heterocycles. The maximum Gasteiger partial charge on any atom is 0.231 e. The van der Waals surface area contributed by atoms with E-state index in [0.29, 0.717) is 12.3 Å². The van der Waals surface area contributed by atoms with Crippen LogP contribution in [0.1, 0.15) is 35.4 Å². The number of hydrogen-bond donors (Lipinski definition) is 1. The Labute approximate surface area is 140 Å². The minimum atomic E-state index is 0.170. The maximum absolute atomic E-state index is 8.17. The number of nitrogens with one attached hydrogen (secondary N) is 1. The average Bonchev–Trinajstić information content (AvgIpc) is 3.08. The molecule has 0 aromatic heterocycles. The first kappa shape index (κ1) is 13.7. The van der Waals surface area contributed by atoms with Gasteiger partial charge in [0, 0.05) is 17.9 Å². The monoisotopic (exact) mass is 319 g/mol. The van der Waals surface area contributed by atoms with Crippen molar-refractivity contribution in [2.75, 3.05) is 6.79 Å². The minimum absolute atomic E-state index is 0.170. The van der Waals surface area contributed by atoms with E-state index in [1.165, 1.54) is 16.7 Å². The molecule has 5 rings (SSSR count). The van der Waals surface area contributed by atoms with Gasteiger partial charge in [-0.3, -0.25) is 5.41 Å². The molecule has 0 amide bonds. The molecule has 2 heterocycles. The van der Waals surface area contributed by atoms with Crippen LogP contribution in [0.3, 0.4) is 0 Å². The summed E-state index contributed by atoms with van der Waals surface area (Å²) in [6, 6.07) is 14.4. The zero-order chi connectivity index (χ0) is 16.1. The minimum Gasteiger partial charge on any atom is -0.454 e. The molecule has 1 unspecified atom stereocenters. The summed E-state index contributed by atoms with van der Waals surface area (Å²) in [5.74, 6) is 2.97. The molecule has 24 heavy (non-hydrogen) atoms. The van der Waals surface area contributed by atoms with E-state index in [1.807, 2.05) is 12.1 Å². The summed E-state index contributed by atoms with van der Waals surface area (Å²) in [6.07, 6.45) is 2.59. The SMILES string of the molecule is N=C1CC(c2ccc3c(c2)OCO3)C2=C(O1)c1ccccc1CC2. The van der Waals surface area contributed by atoms with Gasteiger partial charge in [-0.05, 0) is 41.7 Å². The molecule has 4 heteroatoms. The fourth-order valence-corrected chi connectivity index (χ4v) is 3.89. The van der Waals surface area contributed by atoms with Gasteiger partial charge in [-0.15, -0.1) is 0 Å². The van der Waals surface area contributed by atoms with Crippen molar-refractivity contribution in [3.05, 3.63) is 64.7 Å². The largest absolute Gasteiger partial charge is 0.454 e. The molecule has 3 aliphatic rings. The molecule has 1 N–H and O–H groups in total. The summed E-state index contributed by atoms with van der Waals surface area (Å²) >= 11 is 0. The normalized spacial score (nSPS) is 21.2. The van der Waals surface area contributed by atoms with Crippen LogP contribution in [0.2, 0.25) is 0 Å². The second-order valence-corrected chi connectivity index (χ2v) is 6.41. The van der Waals surface area contributed by atoms with Crippen LogP contribution in [0, 0.1) is 5.41 Å². The topological polar surface area (TPSA) is 51.5 Å². The lowest BCUT2D eigenvalue weighted by Gasteiger charge is -2.33. The molecule has 4 nitrogen and oxygen atoms in total. The number of aryl methyl sites for hydroxylation is 1. The summed E-state index contributed by atoms with van der Waals surface area (Å²) in [4.78, 5) is 0. The van der Waals surface area contributed by atoms with Gasteiger partial charge in [-0.2, -0.15) is 0 Å². The van der Waals surface area contributed by atoms with E-state index in [2.05, 4.69) is 30.3 Å². The number of ether oxygens (including phenoxy) is 3. The fraction of sp³-hybridized carbons (Fsp3) is 0.250. The van der Waals surface area contributed by atoms with Gasteiger partial charge in [-0.25, -0.2) is 0 Å². The summed E-state index contributed by atoms with van der Waals surface area (Å²) < 4.78 is 16.8. The van der Waals surface area contributed by atoms with Crippen molar-refractivity contribution in [3.63, 3.8) is 0 Å². The van der Waals surface area contributed by atoms with Gasteiger partial charge >= 0.3 is 0 Å². The zero-order valence-electron chi connectivity index (χ0n) is 13.2. The van der Waals surface area contributed by atoms with Crippen LogP contribution in [0.5, 0.6) is 11.5 Å². The van der Waals surface area contributed by atoms with Gasteiger partial charge in [0.2, 0.25) is 6.79 Å². The summed E-state index contributed by atoms with van der Waals surface area (Å²) in [5.41, 5.74) is 4.90. The van der Waals surface area contributed by atoms with Crippen molar-refractivity contribution in [2.24, 2.45) is 0 Å². The third kappa shape index (κ3) is 2.03. The number of benzene rings is 2. The van der Waals surface area contributed by atoms with Crippen LogP contribution in [0.4, 0.5) is 0 Å². The number of hydrogen-bond acceptors (Lipinski definition) is 4. The molecule has 0 saturated carbocycles. The third-order valence-corrected chi connectivity index (χ3v) is 5.05. The maximum atomic E-state index is 8.17. The number of rotatable bonds is 1. The van der Waals surface area contributed by atoms with Crippen molar-refractivity contribution >= 4 is 11.7 Å². The molecule has 1 atom stereocenters. The van der Waals surface area contributed by atoms with Gasteiger partial charge in [0.05, 0.1) is 0 Å². The van der Waals surface area contributed by atoms with E-state index < -0.39 is 0 Å². The molecule has 2 aromatic rings. The standard InChI is InChI=1S/C20H17NO3/c21-19-10-16(13-6-8-17-18(9-13)23-11-22-17)15-7-5-12-3-1-2-4-14(12)20(15)24-19/h1-4,6,8-9,16,21H,5,7,10-11H2. The highest BCUT2D eigenvalue weighted by Crippen LogP contribution is 2.46. The molecular weight excluding hydrogens is 302 g/mol. The highest BCUT2D eigenvalue weighted by atomic mass is 16.7. The Bertz CT molecular complexity index is 884. The average molecular weight is 319 g/mol. The van der Waals surface area contributed by atoms with Gasteiger partial charge in [0.1, 0.15) is 5.76 Å². The van der Waals surface area contributed by atoms with Crippen LogP contribution >= 0.6 is 0 Å². The van der Waals surface area contributed by atoms with E-state index in [-0.39, 0.29) is 12.7 Å². The Kier molecular flexibility index (Phi) is 2.92. The van der Waals surface area contributed by atoms with Crippen LogP contribution < -0.4 is 9.47 Å². The Morgan fingerprint density at radius 2 is 1.83 bits per heavy atom. The van der Waals surface area contributed by atoms with Crippen molar-refractivity contribution < 1.29 is 14.2 Å². The molecule has 2 aromatic carbocycles. The van der Waals surface area contributed by atoms with Crippen LogP contribution in [-0.4, -0.2) is 12.7 Å². The second-order valence-electron chi connectivity index (χ2n) is 6.41.